The van der Waals surface area contributed by atoms with E-state index in [0.717, 1.165) is 18.6 Å². The molecule has 2 rings (SSSR count). The monoisotopic (exact) mass is 328 g/mol. The molecule has 2 aromatic rings. The molecule has 1 unspecified atom stereocenters. The maximum atomic E-state index is 11.4. The third kappa shape index (κ3) is 4.49. The Morgan fingerprint density at radius 1 is 1.38 bits per heavy atom. The van der Waals surface area contributed by atoms with Crippen LogP contribution in [0.2, 0.25) is 5.02 Å². The van der Waals surface area contributed by atoms with Gasteiger partial charge in [0.15, 0.2) is 0 Å². The molecule has 7 heteroatoms. The highest BCUT2D eigenvalue weighted by Gasteiger charge is 2.12. The highest BCUT2D eigenvalue weighted by Crippen LogP contribution is 2.26. The van der Waals surface area contributed by atoms with Crippen LogP contribution in [0, 0.1) is 0 Å². The van der Waals surface area contributed by atoms with Gasteiger partial charge >= 0.3 is 0 Å². The van der Waals surface area contributed by atoms with E-state index in [1.54, 1.807) is 6.26 Å². The first-order valence-electron chi connectivity index (χ1n) is 6.47. The molecule has 0 saturated heterocycles. The zero-order valence-corrected chi connectivity index (χ0v) is 13.1. The summed E-state index contributed by atoms with van der Waals surface area (Å²) in [7, 11) is -3.74. The maximum absolute atomic E-state index is 11.4. The van der Waals surface area contributed by atoms with Crippen molar-refractivity contribution in [1.82, 2.24) is 0 Å². The van der Waals surface area contributed by atoms with Gasteiger partial charge in [-0.1, -0.05) is 11.6 Å². The molecule has 0 amide bonds. The summed E-state index contributed by atoms with van der Waals surface area (Å²) in [5.74, 6) is 0.910. The molecule has 0 aliphatic rings. The summed E-state index contributed by atoms with van der Waals surface area (Å²) < 4.78 is 28.0. The molecule has 1 aromatic carbocycles. The molecular formula is C14H17ClN2O3S. The summed E-state index contributed by atoms with van der Waals surface area (Å²) in [6, 6.07) is 8.21. The molecule has 5 nitrogen and oxygen atoms in total. The van der Waals surface area contributed by atoms with E-state index >= 15 is 0 Å². The molecule has 0 fully saturated rings. The molecule has 0 radical (unpaired) electrons. The number of halogens is 1. The van der Waals surface area contributed by atoms with E-state index in [4.69, 9.17) is 21.2 Å². The van der Waals surface area contributed by atoms with Gasteiger partial charge in [-0.2, -0.15) is 0 Å². The van der Waals surface area contributed by atoms with Gasteiger partial charge in [-0.05, 0) is 43.7 Å². The van der Waals surface area contributed by atoms with Gasteiger partial charge in [-0.15, -0.1) is 0 Å². The van der Waals surface area contributed by atoms with Crippen molar-refractivity contribution in [2.45, 2.75) is 30.7 Å². The minimum atomic E-state index is -3.74. The second-order valence-electron chi connectivity index (χ2n) is 4.85. The summed E-state index contributed by atoms with van der Waals surface area (Å²) in [5, 5.41) is 8.76. The van der Waals surface area contributed by atoms with Crippen molar-refractivity contribution in [2.24, 2.45) is 5.14 Å². The molecule has 0 spiro atoms. The number of furan rings is 1. The Morgan fingerprint density at radius 3 is 2.76 bits per heavy atom. The largest absolute Gasteiger partial charge is 0.469 e. The van der Waals surface area contributed by atoms with Crippen molar-refractivity contribution < 1.29 is 12.8 Å². The summed E-state index contributed by atoms with van der Waals surface area (Å²) in [6.07, 6.45) is 3.25. The van der Waals surface area contributed by atoms with Crippen molar-refractivity contribution in [1.29, 1.82) is 0 Å². The predicted molar refractivity (Wildman–Crippen MR) is 82.9 cm³/mol. The van der Waals surface area contributed by atoms with Crippen LogP contribution in [-0.2, 0) is 16.4 Å². The lowest BCUT2D eigenvalue weighted by Crippen LogP contribution is -2.17. The number of nitrogens with one attached hydrogen (secondary N) is 1. The van der Waals surface area contributed by atoms with Crippen molar-refractivity contribution in [3.05, 3.63) is 47.4 Å². The normalized spacial score (nSPS) is 13.1. The average Bonchev–Trinajstić information content (AvgIpc) is 2.91. The van der Waals surface area contributed by atoms with E-state index in [9.17, 15) is 8.42 Å². The van der Waals surface area contributed by atoms with E-state index in [-0.39, 0.29) is 10.9 Å². The lowest BCUT2D eigenvalue weighted by molar-refractivity contribution is 0.495. The molecule has 114 valence electrons. The van der Waals surface area contributed by atoms with Crippen LogP contribution < -0.4 is 10.5 Å². The Balaban J connectivity index is 2.04. The maximum Gasteiger partial charge on any atom is 0.238 e. The van der Waals surface area contributed by atoms with Gasteiger partial charge in [0.1, 0.15) is 5.76 Å². The van der Waals surface area contributed by atoms with E-state index in [0.29, 0.717) is 10.7 Å². The van der Waals surface area contributed by atoms with Gasteiger partial charge in [0.25, 0.3) is 0 Å². The smallest absolute Gasteiger partial charge is 0.238 e. The highest BCUT2D eigenvalue weighted by atomic mass is 35.5. The van der Waals surface area contributed by atoms with Gasteiger partial charge in [-0.3, -0.25) is 0 Å². The molecule has 1 aromatic heterocycles. The van der Waals surface area contributed by atoms with E-state index in [1.165, 1.54) is 18.2 Å². The molecule has 1 heterocycles. The number of sulfonamides is 1. The number of benzene rings is 1. The zero-order chi connectivity index (χ0) is 15.5. The Kier molecular flexibility index (Phi) is 4.92. The fourth-order valence-corrected chi connectivity index (χ4v) is 2.66. The van der Waals surface area contributed by atoms with Crippen molar-refractivity contribution >= 4 is 27.3 Å². The minimum Gasteiger partial charge on any atom is -0.469 e. The predicted octanol–water partition coefficient (Wildman–Crippen LogP) is 3.01. The van der Waals surface area contributed by atoms with E-state index in [1.807, 2.05) is 19.1 Å². The lowest BCUT2D eigenvalue weighted by Gasteiger charge is -2.16. The minimum absolute atomic E-state index is 0.0348. The van der Waals surface area contributed by atoms with E-state index in [2.05, 4.69) is 5.32 Å². The van der Waals surface area contributed by atoms with Crippen LogP contribution >= 0.6 is 11.6 Å². The fraction of sp³-hybridized carbons (Fsp3) is 0.286. The molecule has 0 saturated carbocycles. The fourth-order valence-electron chi connectivity index (χ4n) is 1.94. The molecule has 1 atom stereocenters. The first-order chi connectivity index (χ1) is 9.86. The van der Waals surface area contributed by atoms with Crippen molar-refractivity contribution in [3.63, 3.8) is 0 Å². The average molecular weight is 329 g/mol. The number of aryl methyl sites for hydroxylation is 1. The van der Waals surface area contributed by atoms with Gasteiger partial charge in [0, 0.05) is 12.5 Å². The van der Waals surface area contributed by atoms with Gasteiger partial charge < -0.3 is 9.73 Å². The van der Waals surface area contributed by atoms with Crippen LogP contribution in [0.4, 0.5) is 5.69 Å². The van der Waals surface area contributed by atoms with Gasteiger partial charge in [0.05, 0.1) is 21.9 Å². The molecule has 21 heavy (non-hydrogen) atoms. The van der Waals surface area contributed by atoms with Crippen molar-refractivity contribution in [2.75, 3.05) is 5.32 Å². The van der Waals surface area contributed by atoms with Crippen LogP contribution in [-0.4, -0.2) is 14.5 Å². The number of anilines is 1. The topological polar surface area (TPSA) is 85.3 Å². The highest BCUT2D eigenvalue weighted by molar-refractivity contribution is 7.89. The molecule has 0 bridgehead atoms. The zero-order valence-electron chi connectivity index (χ0n) is 11.5. The Hall–Kier alpha value is -1.50. The summed E-state index contributed by atoms with van der Waals surface area (Å²) in [5.41, 5.74) is 0.551. The van der Waals surface area contributed by atoms with Gasteiger partial charge in [-0.25, -0.2) is 13.6 Å². The first kappa shape index (κ1) is 15.9. The number of hydrogen-bond donors (Lipinski definition) is 2. The number of hydrogen-bond acceptors (Lipinski definition) is 4. The van der Waals surface area contributed by atoms with Crippen LogP contribution in [0.25, 0.3) is 0 Å². The molecule has 0 aliphatic heterocycles. The Labute approximate surface area is 129 Å². The van der Waals surface area contributed by atoms with Crippen LogP contribution in [0.1, 0.15) is 19.1 Å². The molecule has 3 N–H and O–H groups in total. The molecular weight excluding hydrogens is 312 g/mol. The quantitative estimate of drug-likeness (QED) is 0.853. The Morgan fingerprint density at radius 2 is 2.14 bits per heavy atom. The summed E-state index contributed by atoms with van der Waals surface area (Å²) in [4.78, 5) is 0.0348. The van der Waals surface area contributed by atoms with E-state index < -0.39 is 10.0 Å². The lowest BCUT2D eigenvalue weighted by atomic mass is 10.1. The van der Waals surface area contributed by atoms with Crippen LogP contribution in [0.3, 0.4) is 0 Å². The number of rotatable bonds is 6. The summed E-state index contributed by atoms with van der Waals surface area (Å²) >= 11 is 6.07. The summed E-state index contributed by atoms with van der Waals surface area (Å²) in [6.45, 7) is 1.99. The van der Waals surface area contributed by atoms with Crippen LogP contribution in [0.5, 0.6) is 0 Å². The molecule has 0 aliphatic carbocycles. The number of nitrogens with two attached hydrogens (primary N) is 1. The van der Waals surface area contributed by atoms with Gasteiger partial charge in [0.2, 0.25) is 10.0 Å². The second kappa shape index (κ2) is 6.51. The third-order valence-electron chi connectivity index (χ3n) is 3.07. The standard InChI is InChI=1S/C14H17ClN2O3S/c1-10(4-5-11-3-2-8-20-11)17-14-9-12(21(16,18)19)6-7-13(14)15/h2-3,6-10,17H,4-5H2,1H3,(H2,16,18,19). The second-order valence-corrected chi connectivity index (χ2v) is 6.82. The third-order valence-corrected chi connectivity index (χ3v) is 4.31. The van der Waals surface area contributed by atoms with Crippen molar-refractivity contribution in [3.8, 4) is 0 Å². The SMILES string of the molecule is CC(CCc1ccco1)Nc1cc(S(N)(=O)=O)ccc1Cl. The first-order valence-corrected chi connectivity index (χ1v) is 8.40. The van der Waals surface area contributed by atoms with Crippen LogP contribution in [0.15, 0.2) is 45.9 Å². The Bertz CT molecular complexity index is 699. The number of primary sulfonamides is 1.